The number of carbonyl (C=O) groups excluding carboxylic acids is 1. The van der Waals surface area contributed by atoms with Gasteiger partial charge in [0.25, 0.3) is 5.56 Å². The molecule has 3 aromatic rings. The molecule has 0 fully saturated rings. The van der Waals surface area contributed by atoms with Crippen LogP contribution in [-0.2, 0) is 17.9 Å². The lowest BCUT2D eigenvalue weighted by Crippen LogP contribution is -2.32. The summed E-state index contributed by atoms with van der Waals surface area (Å²) in [6.45, 7) is 3.81. The second-order valence-corrected chi connectivity index (χ2v) is 5.98. The zero-order chi connectivity index (χ0) is 17.3. The number of aryl methyl sites for hydroxylation is 2. The monoisotopic (exact) mass is 345 g/mol. The van der Waals surface area contributed by atoms with Gasteiger partial charge in [-0.2, -0.15) is 0 Å². The lowest BCUT2D eigenvalue weighted by Gasteiger charge is -2.07. The summed E-state index contributed by atoms with van der Waals surface area (Å²) in [6.07, 6.45) is 1.33. The Morgan fingerprint density at radius 1 is 1.38 bits per heavy atom. The third kappa shape index (κ3) is 3.19. The summed E-state index contributed by atoms with van der Waals surface area (Å²) >= 11 is 5.91. The minimum Gasteiger partial charge on any atom is -0.443 e. The standard InChI is InChI=1S/C17H16ClN3O3/c1-10-11(2)24-16-15(10)17(23)21(9-20-16)8-14(22)19-7-12-4-3-5-13(18)6-12/h3-6,9H,7-8H2,1-2H3,(H,19,22). The van der Waals surface area contributed by atoms with E-state index in [4.69, 9.17) is 16.0 Å². The first-order valence-corrected chi connectivity index (χ1v) is 7.80. The van der Waals surface area contributed by atoms with Crippen molar-refractivity contribution < 1.29 is 9.21 Å². The maximum absolute atomic E-state index is 12.5. The highest BCUT2D eigenvalue weighted by atomic mass is 35.5. The van der Waals surface area contributed by atoms with Crippen LogP contribution in [-0.4, -0.2) is 15.5 Å². The van der Waals surface area contributed by atoms with Crippen molar-refractivity contribution in [1.82, 2.24) is 14.9 Å². The van der Waals surface area contributed by atoms with Crippen LogP contribution in [0.3, 0.4) is 0 Å². The minimum atomic E-state index is -0.285. The zero-order valence-electron chi connectivity index (χ0n) is 13.3. The molecule has 24 heavy (non-hydrogen) atoms. The molecule has 0 saturated heterocycles. The van der Waals surface area contributed by atoms with Crippen LogP contribution in [0.1, 0.15) is 16.9 Å². The number of furan rings is 1. The molecule has 1 aromatic carbocycles. The maximum atomic E-state index is 12.5. The molecule has 7 heteroatoms. The second kappa shape index (κ2) is 6.49. The van der Waals surface area contributed by atoms with Gasteiger partial charge >= 0.3 is 0 Å². The van der Waals surface area contributed by atoms with Gasteiger partial charge in [-0.15, -0.1) is 0 Å². The highest BCUT2D eigenvalue weighted by molar-refractivity contribution is 6.30. The van der Waals surface area contributed by atoms with E-state index in [9.17, 15) is 9.59 Å². The Bertz CT molecular complexity index is 975. The molecule has 1 amide bonds. The van der Waals surface area contributed by atoms with Crippen LogP contribution in [0.2, 0.25) is 5.02 Å². The summed E-state index contributed by atoms with van der Waals surface area (Å²) in [5.74, 6) is 0.369. The lowest BCUT2D eigenvalue weighted by molar-refractivity contribution is -0.121. The fourth-order valence-electron chi connectivity index (χ4n) is 2.44. The minimum absolute atomic E-state index is 0.105. The SMILES string of the molecule is Cc1oc2ncn(CC(=O)NCc3cccc(Cl)c3)c(=O)c2c1C. The first-order valence-electron chi connectivity index (χ1n) is 7.42. The van der Waals surface area contributed by atoms with E-state index < -0.39 is 0 Å². The van der Waals surface area contributed by atoms with Crippen LogP contribution in [0.15, 0.2) is 39.8 Å². The van der Waals surface area contributed by atoms with Crippen LogP contribution in [0, 0.1) is 13.8 Å². The molecule has 1 N–H and O–H groups in total. The number of rotatable bonds is 4. The van der Waals surface area contributed by atoms with Gasteiger partial charge in [-0.1, -0.05) is 23.7 Å². The van der Waals surface area contributed by atoms with E-state index in [1.807, 2.05) is 12.1 Å². The molecule has 0 radical (unpaired) electrons. The molecule has 3 rings (SSSR count). The van der Waals surface area contributed by atoms with E-state index in [1.54, 1.807) is 26.0 Å². The Labute approximate surface area is 143 Å². The number of halogens is 1. The number of amides is 1. The molecule has 0 atom stereocenters. The number of nitrogens with zero attached hydrogens (tertiary/aromatic N) is 2. The molecule has 0 aliphatic heterocycles. The van der Waals surface area contributed by atoms with Crippen molar-refractivity contribution in [3.8, 4) is 0 Å². The van der Waals surface area contributed by atoms with Gasteiger partial charge in [0.2, 0.25) is 11.6 Å². The van der Waals surface area contributed by atoms with Gasteiger partial charge in [-0.05, 0) is 31.5 Å². The van der Waals surface area contributed by atoms with Crippen molar-refractivity contribution in [2.45, 2.75) is 26.9 Å². The molecule has 0 unspecified atom stereocenters. The molecular weight excluding hydrogens is 330 g/mol. The van der Waals surface area contributed by atoms with E-state index in [1.165, 1.54) is 10.9 Å². The summed E-state index contributed by atoms with van der Waals surface area (Å²) in [4.78, 5) is 28.7. The number of hydrogen-bond acceptors (Lipinski definition) is 4. The van der Waals surface area contributed by atoms with E-state index in [-0.39, 0.29) is 18.0 Å². The quantitative estimate of drug-likeness (QED) is 0.788. The first kappa shape index (κ1) is 16.3. The Hall–Kier alpha value is -2.60. The number of aromatic nitrogens is 2. The third-order valence-corrected chi connectivity index (χ3v) is 4.08. The number of benzene rings is 1. The van der Waals surface area contributed by atoms with Crippen molar-refractivity contribution in [1.29, 1.82) is 0 Å². The van der Waals surface area contributed by atoms with Gasteiger partial charge in [0, 0.05) is 17.1 Å². The fraction of sp³-hybridized carbons (Fsp3) is 0.235. The Balaban J connectivity index is 1.75. The smallest absolute Gasteiger partial charge is 0.265 e. The first-order chi connectivity index (χ1) is 11.5. The van der Waals surface area contributed by atoms with Gasteiger partial charge in [0.05, 0.1) is 0 Å². The zero-order valence-corrected chi connectivity index (χ0v) is 14.1. The summed E-state index contributed by atoms with van der Waals surface area (Å²) in [7, 11) is 0. The van der Waals surface area contributed by atoms with Crippen molar-refractivity contribution in [2.75, 3.05) is 0 Å². The summed E-state index contributed by atoms with van der Waals surface area (Å²) < 4.78 is 6.69. The van der Waals surface area contributed by atoms with E-state index in [2.05, 4.69) is 10.3 Å². The number of hydrogen-bond donors (Lipinski definition) is 1. The lowest BCUT2D eigenvalue weighted by atomic mass is 10.2. The average molecular weight is 346 g/mol. The normalized spacial score (nSPS) is 11.0. The fourth-order valence-corrected chi connectivity index (χ4v) is 2.65. The molecule has 0 saturated carbocycles. The maximum Gasteiger partial charge on any atom is 0.265 e. The predicted molar refractivity (Wildman–Crippen MR) is 91.0 cm³/mol. The van der Waals surface area contributed by atoms with E-state index in [0.29, 0.717) is 28.4 Å². The van der Waals surface area contributed by atoms with Crippen molar-refractivity contribution >= 4 is 28.6 Å². The van der Waals surface area contributed by atoms with Gasteiger partial charge in [0.1, 0.15) is 24.0 Å². The summed E-state index contributed by atoms with van der Waals surface area (Å²) in [5.41, 5.74) is 1.65. The highest BCUT2D eigenvalue weighted by Gasteiger charge is 2.15. The van der Waals surface area contributed by atoms with Crippen molar-refractivity contribution in [3.63, 3.8) is 0 Å². The van der Waals surface area contributed by atoms with E-state index in [0.717, 1.165) is 11.1 Å². The molecule has 0 bridgehead atoms. The molecule has 6 nitrogen and oxygen atoms in total. The van der Waals surface area contributed by atoms with Gasteiger partial charge < -0.3 is 9.73 Å². The summed E-state index contributed by atoms with van der Waals surface area (Å²) in [5, 5.41) is 3.79. The Kier molecular flexibility index (Phi) is 4.40. The number of nitrogens with one attached hydrogen (secondary N) is 1. The molecule has 0 spiro atoms. The molecule has 0 aliphatic rings. The molecular formula is C17H16ClN3O3. The largest absolute Gasteiger partial charge is 0.443 e. The van der Waals surface area contributed by atoms with Gasteiger partial charge in [-0.25, -0.2) is 4.98 Å². The predicted octanol–water partition coefficient (Wildman–Crippen LogP) is 2.58. The van der Waals surface area contributed by atoms with Crippen LogP contribution in [0.4, 0.5) is 0 Å². The van der Waals surface area contributed by atoms with Crippen LogP contribution in [0.5, 0.6) is 0 Å². The van der Waals surface area contributed by atoms with Crippen LogP contribution >= 0.6 is 11.6 Å². The third-order valence-electron chi connectivity index (χ3n) is 3.85. The summed E-state index contributed by atoms with van der Waals surface area (Å²) in [6, 6.07) is 7.22. The Morgan fingerprint density at radius 2 is 2.17 bits per heavy atom. The van der Waals surface area contributed by atoms with Crippen molar-refractivity contribution in [3.05, 3.63) is 62.9 Å². The average Bonchev–Trinajstić information content (AvgIpc) is 2.84. The number of fused-ring (bicyclic) bond motifs is 1. The molecule has 124 valence electrons. The molecule has 2 aromatic heterocycles. The topological polar surface area (TPSA) is 77.1 Å². The molecule has 0 aliphatic carbocycles. The highest BCUT2D eigenvalue weighted by Crippen LogP contribution is 2.19. The van der Waals surface area contributed by atoms with Crippen LogP contribution < -0.4 is 10.9 Å². The Morgan fingerprint density at radius 3 is 2.92 bits per heavy atom. The van der Waals surface area contributed by atoms with Crippen LogP contribution in [0.25, 0.3) is 11.1 Å². The second-order valence-electron chi connectivity index (χ2n) is 5.55. The molecule has 2 heterocycles. The van der Waals surface area contributed by atoms with E-state index >= 15 is 0 Å². The van der Waals surface area contributed by atoms with Gasteiger partial charge in [0.15, 0.2) is 0 Å². The van der Waals surface area contributed by atoms with Crippen molar-refractivity contribution in [2.24, 2.45) is 0 Å². The number of carbonyl (C=O) groups is 1. The van der Waals surface area contributed by atoms with Gasteiger partial charge in [-0.3, -0.25) is 14.2 Å².